The van der Waals surface area contributed by atoms with E-state index in [1.807, 2.05) is 44.2 Å². The Morgan fingerprint density at radius 2 is 1.89 bits per heavy atom. The predicted molar refractivity (Wildman–Crippen MR) is 114 cm³/mol. The zero-order valence-electron chi connectivity index (χ0n) is 16.6. The summed E-state index contributed by atoms with van der Waals surface area (Å²) in [7, 11) is 1.61. The van der Waals surface area contributed by atoms with Crippen LogP contribution in [0.5, 0.6) is 11.5 Å². The number of aryl methyl sites for hydroxylation is 1. The standard InChI is InChI=1S/C21H26N2O4S/c1-5-26-20(24)16-10-11-17(14(2)12-16)23-21(28)22-15(3)13-27-19-9-7-6-8-18(19)25-4/h6-12,15H,5,13H2,1-4H3,(H2,22,23,28)/t15-/m0/s1. The molecule has 0 amide bonds. The van der Waals surface area contributed by atoms with Gasteiger partial charge in [0.15, 0.2) is 16.6 Å². The van der Waals surface area contributed by atoms with E-state index in [-0.39, 0.29) is 12.0 Å². The van der Waals surface area contributed by atoms with Crippen LogP contribution in [0.2, 0.25) is 0 Å². The SMILES string of the molecule is CCOC(=O)c1ccc(NC(=S)N[C@@H](C)COc2ccccc2OC)c(C)c1. The van der Waals surface area contributed by atoms with Crippen molar-refractivity contribution in [1.29, 1.82) is 0 Å². The summed E-state index contributed by atoms with van der Waals surface area (Å²) in [4.78, 5) is 11.8. The second-order valence-electron chi connectivity index (χ2n) is 6.21. The first kappa shape index (κ1) is 21.5. The Labute approximate surface area is 171 Å². The van der Waals surface area contributed by atoms with Crippen molar-refractivity contribution in [3.8, 4) is 11.5 Å². The lowest BCUT2D eigenvalue weighted by Gasteiger charge is -2.19. The number of ether oxygens (including phenoxy) is 3. The van der Waals surface area contributed by atoms with Crippen molar-refractivity contribution in [2.75, 3.05) is 25.6 Å². The molecular formula is C21H26N2O4S. The maximum absolute atomic E-state index is 11.8. The molecule has 0 aliphatic heterocycles. The molecular weight excluding hydrogens is 376 g/mol. The molecule has 28 heavy (non-hydrogen) atoms. The monoisotopic (exact) mass is 402 g/mol. The Kier molecular flexibility index (Phi) is 8.07. The molecule has 2 rings (SSSR count). The summed E-state index contributed by atoms with van der Waals surface area (Å²) in [6.07, 6.45) is 0. The van der Waals surface area contributed by atoms with Gasteiger partial charge in [-0.05, 0) is 68.9 Å². The van der Waals surface area contributed by atoms with E-state index in [4.69, 9.17) is 26.4 Å². The largest absolute Gasteiger partial charge is 0.493 e. The molecule has 7 heteroatoms. The van der Waals surface area contributed by atoms with E-state index < -0.39 is 0 Å². The maximum atomic E-state index is 11.8. The molecule has 0 unspecified atom stereocenters. The van der Waals surface area contributed by atoms with E-state index in [0.717, 1.165) is 11.3 Å². The number of rotatable bonds is 8. The van der Waals surface area contributed by atoms with Crippen molar-refractivity contribution in [1.82, 2.24) is 5.32 Å². The number of nitrogens with one attached hydrogen (secondary N) is 2. The Hall–Kier alpha value is -2.80. The van der Waals surface area contributed by atoms with Gasteiger partial charge in [0.1, 0.15) is 6.61 Å². The second kappa shape index (κ2) is 10.5. The van der Waals surface area contributed by atoms with Crippen molar-refractivity contribution >= 4 is 29.0 Å². The molecule has 0 saturated heterocycles. The smallest absolute Gasteiger partial charge is 0.338 e. The van der Waals surface area contributed by atoms with Gasteiger partial charge < -0.3 is 24.8 Å². The number of thiocarbonyl (C=S) groups is 1. The van der Waals surface area contributed by atoms with Crippen LogP contribution < -0.4 is 20.1 Å². The minimum absolute atomic E-state index is 0.0241. The molecule has 2 aromatic rings. The van der Waals surface area contributed by atoms with Gasteiger partial charge in [0, 0.05) is 5.69 Å². The number of esters is 1. The van der Waals surface area contributed by atoms with Crippen molar-refractivity contribution in [2.45, 2.75) is 26.8 Å². The number of benzene rings is 2. The van der Waals surface area contributed by atoms with Crippen molar-refractivity contribution < 1.29 is 19.0 Å². The van der Waals surface area contributed by atoms with Crippen molar-refractivity contribution in [3.05, 3.63) is 53.6 Å². The van der Waals surface area contributed by atoms with E-state index in [2.05, 4.69) is 10.6 Å². The van der Waals surface area contributed by atoms with Crippen LogP contribution in [0.25, 0.3) is 0 Å². The molecule has 0 fully saturated rings. The zero-order chi connectivity index (χ0) is 20.5. The minimum atomic E-state index is -0.333. The van der Waals surface area contributed by atoms with Gasteiger partial charge >= 0.3 is 5.97 Å². The summed E-state index contributed by atoms with van der Waals surface area (Å²) >= 11 is 5.38. The normalized spacial score (nSPS) is 11.3. The van der Waals surface area contributed by atoms with Crippen LogP contribution in [-0.2, 0) is 4.74 Å². The molecule has 0 spiro atoms. The molecule has 0 aromatic heterocycles. The summed E-state index contributed by atoms with van der Waals surface area (Å²) in [6.45, 7) is 6.43. The van der Waals surface area contributed by atoms with E-state index in [9.17, 15) is 4.79 Å². The number of hydrogen-bond acceptors (Lipinski definition) is 5. The average Bonchev–Trinajstić information content (AvgIpc) is 2.68. The first-order chi connectivity index (χ1) is 13.4. The van der Waals surface area contributed by atoms with Gasteiger partial charge in [0.2, 0.25) is 0 Å². The fraction of sp³-hybridized carbons (Fsp3) is 0.333. The number of para-hydroxylation sites is 2. The predicted octanol–water partition coefficient (Wildman–Crippen LogP) is 3.93. The molecule has 6 nitrogen and oxygen atoms in total. The molecule has 150 valence electrons. The molecule has 0 aliphatic rings. The van der Waals surface area contributed by atoms with Gasteiger partial charge in [-0.25, -0.2) is 4.79 Å². The summed E-state index contributed by atoms with van der Waals surface area (Å²) < 4.78 is 16.1. The number of carbonyl (C=O) groups is 1. The summed E-state index contributed by atoms with van der Waals surface area (Å²) in [5.41, 5.74) is 2.23. The number of methoxy groups -OCH3 is 1. The lowest BCUT2D eigenvalue weighted by Crippen LogP contribution is -2.39. The average molecular weight is 403 g/mol. The zero-order valence-corrected chi connectivity index (χ0v) is 17.4. The highest BCUT2D eigenvalue weighted by Crippen LogP contribution is 2.25. The Balaban J connectivity index is 1.88. The molecule has 0 heterocycles. The van der Waals surface area contributed by atoms with Crippen LogP contribution in [0.1, 0.15) is 29.8 Å². The highest BCUT2D eigenvalue weighted by Gasteiger charge is 2.11. The lowest BCUT2D eigenvalue weighted by atomic mass is 10.1. The third kappa shape index (κ3) is 6.13. The van der Waals surface area contributed by atoms with E-state index in [0.29, 0.717) is 35.4 Å². The fourth-order valence-corrected chi connectivity index (χ4v) is 2.83. The van der Waals surface area contributed by atoms with Crippen LogP contribution in [-0.4, -0.2) is 37.4 Å². The van der Waals surface area contributed by atoms with E-state index in [1.165, 1.54) is 0 Å². The Bertz CT molecular complexity index is 826. The minimum Gasteiger partial charge on any atom is -0.493 e. The molecule has 1 atom stereocenters. The molecule has 2 aromatic carbocycles. The van der Waals surface area contributed by atoms with Gasteiger partial charge in [-0.3, -0.25) is 0 Å². The van der Waals surface area contributed by atoms with Gasteiger partial charge in [0.25, 0.3) is 0 Å². The van der Waals surface area contributed by atoms with Gasteiger partial charge in [0.05, 0.1) is 25.3 Å². The van der Waals surface area contributed by atoms with Gasteiger partial charge in [-0.1, -0.05) is 12.1 Å². The summed E-state index contributed by atoms with van der Waals surface area (Å²) in [5, 5.41) is 6.81. The maximum Gasteiger partial charge on any atom is 0.338 e. The van der Waals surface area contributed by atoms with Gasteiger partial charge in [-0.15, -0.1) is 0 Å². The molecule has 2 N–H and O–H groups in total. The number of anilines is 1. The molecule has 0 bridgehead atoms. The van der Waals surface area contributed by atoms with Gasteiger partial charge in [-0.2, -0.15) is 0 Å². The van der Waals surface area contributed by atoms with E-state index in [1.54, 1.807) is 26.2 Å². The van der Waals surface area contributed by atoms with Crippen LogP contribution >= 0.6 is 12.2 Å². The number of hydrogen-bond donors (Lipinski definition) is 2. The van der Waals surface area contributed by atoms with Crippen LogP contribution in [0.4, 0.5) is 5.69 Å². The highest BCUT2D eigenvalue weighted by atomic mass is 32.1. The summed E-state index contributed by atoms with van der Waals surface area (Å²) in [6, 6.07) is 12.8. The van der Waals surface area contributed by atoms with Crippen molar-refractivity contribution in [3.63, 3.8) is 0 Å². The van der Waals surface area contributed by atoms with Crippen molar-refractivity contribution in [2.24, 2.45) is 0 Å². The van der Waals surface area contributed by atoms with E-state index >= 15 is 0 Å². The molecule has 0 aliphatic carbocycles. The Morgan fingerprint density at radius 3 is 2.54 bits per heavy atom. The third-order valence-corrected chi connectivity index (χ3v) is 4.14. The first-order valence-electron chi connectivity index (χ1n) is 9.05. The first-order valence-corrected chi connectivity index (χ1v) is 9.46. The fourth-order valence-electron chi connectivity index (χ4n) is 2.52. The highest BCUT2D eigenvalue weighted by molar-refractivity contribution is 7.80. The molecule has 0 radical (unpaired) electrons. The summed E-state index contributed by atoms with van der Waals surface area (Å²) in [5.74, 6) is 1.04. The quantitative estimate of drug-likeness (QED) is 0.512. The third-order valence-electron chi connectivity index (χ3n) is 3.92. The van der Waals surface area contributed by atoms with Crippen LogP contribution in [0, 0.1) is 6.92 Å². The van der Waals surface area contributed by atoms with Crippen LogP contribution in [0.3, 0.4) is 0 Å². The molecule has 0 saturated carbocycles. The second-order valence-corrected chi connectivity index (χ2v) is 6.62. The topological polar surface area (TPSA) is 68.8 Å². The lowest BCUT2D eigenvalue weighted by molar-refractivity contribution is 0.0526. The number of carbonyl (C=O) groups excluding carboxylic acids is 1. The Morgan fingerprint density at radius 1 is 1.18 bits per heavy atom. The van der Waals surface area contributed by atoms with Crippen LogP contribution in [0.15, 0.2) is 42.5 Å².